The van der Waals surface area contributed by atoms with Crippen molar-refractivity contribution < 1.29 is 14.0 Å². The molecule has 0 saturated carbocycles. The smallest absolute Gasteiger partial charge is 0.246 e. The minimum absolute atomic E-state index is 0.110. The van der Waals surface area contributed by atoms with E-state index in [4.69, 9.17) is 4.42 Å². The quantitative estimate of drug-likeness (QED) is 0.206. The summed E-state index contributed by atoms with van der Waals surface area (Å²) in [6.45, 7) is 0. The van der Waals surface area contributed by atoms with Gasteiger partial charge in [0.2, 0.25) is 5.71 Å². The number of thiophene rings is 1. The van der Waals surface area contributed by atoms with E-state index in [1.54, 1.807) is 29.5 Å². The zero-order valence-electron chi connectivity index (χ0n) is 18.3. The Morgan fingerprint density at radius 2 is 1.49 bits per heavy atom. The molecule has 7 rings (SSSR count). The van der Waals surface area contributed by atoms with Gasteiger partial charge in [0.1, 0.15) is 17.1 Å². The largest absolute Gasteiger partial charge is 0.435 e. The van der Waals surface area contributed by atoms with E-state index in [0.717, 1.165) is 32.6 Å². The van der Waals surface area contributed by atoms with Gasteiger partial charge in [-0.2, -0.15) is 4.98 Å². The number of rotatable bonds is 3. The molecule has 0 aliphatic heterocycles. The van der Waals surface area contributed by atoms with E-state index in [9.17, 15) is 9.59 Å². The van der Waals surface area contributed by atoms with E-state index in [0.29, 0.717) is 22.7 Å². The van der Waals surface area contributed by atoms with Crippen LogP contribution in [0.5, 0.6) is 0 Å². The van der Waals surface area contributed by atoms with E-state index in [-0.39, 0.29) is 17.1 Å². The summed E-state index contributed by atoms with van der Waals surface area (Å²) in [5.74, 6) is 0.633. The molecule has 0 N–H and O–H groups in total. The van der Waals surface area contributed by atoms with Gasteiger partial charge >= 0.3 is 0 Å². The maximum absolute atomic E-state index is 13.3. The molecule has 0 fully saturated rings. The molecule has 0 amide bonds. The highest BCUT2D eigenvalue weighted by molar-refractivity contribution is 7.13. The molecule has 6 heteroatoms. The third kappa shape index (κ3) is 3.04. The predicted molar refractivity (Wildman–Crippen MR) is 137 cm³/mol. The van der Waals surface area contributed by atoms with Crippen molar-refractivity contribution in [1.29, 1.82) is 0 Å². The Kier molecular flexibility index (Phi) is 4.25. The molecule has 5 nitrogen and oxygen atoms in total. The van der Waals surface area contributed by atoms with E-state index in [2.05, 4.69) is 4.98 Å². The first-order valence-electron chi connectivity index (χ1n) is 11.1. The summed E-state index contributed by atoms with van der Waals surface area (Å²) < 4.78 is 7.99. The molecule has 0 bridgehead atoms. The Balaban J connectivity index is 1.41. The number of furan rings is 1. The van der Waals surface area contributed by atoms with Gasteiger partial charge in [-0.3, -0.25) is 14.2 Å². The Morgan fingerprint density at radius 1 is 0.800 bits per heavy atom. The lowest BCUT2D eigenvalue weighted by Gasteiger charge is -2.06. The highest BCUT2D eigenvalue weighted by Crippen LogP contribution is 2.35. The second-order valence-corrected chi connectivity index (χ2v) is 9.33. The minimum atomic E-state index is -0.283. The fourth-order valence-corrected chi connectivity index (χ4v) is 5.32. The fraction of sp³-hybridized carbons (Fsp3) is 0. The molecule has 3 heterocycles. The lowest BCUT2D eigenvalue weighted by atomic mass is 10.0. The first-order chi connectivity index (χ1) is 17.2. The number of aromatic nitrogens is 2. The molecule has 0 atom stereocenters. The van der Waals surface area contributed by atoms with Crippen molar-refractivity contribution in [3.63, 3.8) is 0 Å². The number of carbonyl (C=O) groups excluding carboxylic acids is 2. The van der Waals surface area contributed by atoms with Crippen LogP contribution in [0.15, 0.2) is 100 Å². The van der Waals surface area contributed by atoms with Crippen LogP contribution >= 0.6 is 11.3 Å². The van der Waals surface area contributed by atoms with Gasteiger partial charge in [-0.1, -0.05) is 48.5 Å². The molecule has 1 aliphatic carbocycles. The third-order valence-electron chi connectivity index (χ3n) is 6.30. The van der Waals surface area contributed by atoms with Gasteiger partial charge in [0.15, 0.2) is 11.6 Å². The van der Waals surface area contributed by atoms with Crippen LogP contribution in [0.3, 0.4) is 0 Å². The van der Waals surface area contributed by atoms with E-state index in [1.807, 2.05) is 82.7 Å². The molecular formula is C29H16N2O3S. The molecule has 0 unspecified atom stereocenters. The first-order valence-corrected chi connectivity index (χ1v) is 12.0. The molecule has 0 spiro atoms. The maximum atomic E-state index is 13.3. The van der Waals surface area contributed by atoms with Crippen LogP contribution in [0, 0.1) is 0 Å². The van der Waals surface area contributed by atoms with Crippen molar-refractivity contribution in [3.05, 3.63) is 113 Å². The number of allylic oxidation sites excluding steroid dienone is 1. The highest BCUT2D eigenvalue weighted by Gasteiger charge is 2.34. The summed E-state index contributed by atoms with van der Waals surface area (Å²) in [7, 11) is 0. The summed E-state index contributed by atoms with van der Waals surface area (Å²) >= 11 is 1.59. The van der Waals surface area contributed by atoms with Crippen molar-refractivity contribution in [2.45, 2.75) is 0 Å². The van der Waals surface area contributed by atoms with Crippen LogP contribution in [0.4, 0.5) is 0 Å². The summed E-state index contributed by atoms with van der Waals surface area (Å²) in [6.07, 6.45) is 1.59. The van der Waals surface area contributed by atoms with E-state index >= 15 is 0 Å². The molecule has 1 aliphatic rings. The van der Waals surface area contributed by atoms with Gasteiger partial charge in [-0.05, 0) is 52.6 Å². The number of benzene rings is 3. The average molecular weight is 473 g/mol. The Hall–Kier alpha value is -4.55. The summed E-state index contributed by atoms with van der Waals surface area (Å²) in [5.41, 5.74) is 3.06. The predicted octanol–water partition coefficient (Wildman–Crippen LogP) is 6.96. The normalized spacial score (nSPS) is 13.2. The molecule has 35 heavy (non-hydrogen) atoms. The summed E-state index contributed by atoms with van der Waals surface area (Å²) in [4.78, 5) is 32.3. The SMILES string of the molecule is O=C1C(=Cc2nc3oc(-c4cccs4)cc3n2-c2ccccc2)C(=O)c2cc3ccccc3cc21. The van der Waals surface area contributed by atoms with Gasteiger partial charge < -0.3 is 4.42 Å². The zero-order chi connectivity index (χ0) is 23.5. The number of fused-ring (bicyclic) bond motifs is 3. The van der Waals surface area contributed by atoms with E-state index < -0.39 is 0 Å². The summed E-state index contributed by atoms with van der Waals surface area (Å²) in [5, 5.41) is 3.85. The number of hydrogen-bond donors (Lipinski definition) is 0. The number of ketones is 2. The van der Waals surface area contributed by atoms with Crippen molar-refractivity contribution >= 4 is 51.0 Å². The molecule has 6 aromatic rings. The van der Waals surface area contributed by atoms with Crippen LogP contribution in [-0.2, 0) is 0 Å². The second-order valence-electron chi connectivity index (χ2n) is 8.38. The molecule has 3 aromatic carbocycles. The van der Waals surface area contributed by atoms with Crippen LogP contribution < -0.4 is 0 Å². The maximum Gasteiger partial charge on any atom is 0.246 e. The molecule has 0 saturated heterocycles. The number of Topliss-reactive ketones (excluding diaryl/α,β-unsaturated/α-hetero) is 2. The van der Waals surface area contributed by atoms with Crippen LogP contribution in [0.1, 0.15) is 26.5 Å². The molecule has 0 radical (unpaired) electrons. The number of nitrogens with zero attached hydrogens (tertiary/aromatic N) is 2. The highest BCUT2D eigenvalue weighted by atomic mass is 32.1. The van der Waals surface area contributed by atoms with Gasteiger partial charge in [0.05, 0.1) is 10.5 Å². The Bertz CT molecular complexity index is 1770. The lowest BCUT2D eigenvalue weighted by molar-refractivity contribution is 0.0990. The van der Waals surface area contributed by atoms with Crippen molar-refractivity contribution in [2.75, 3.05) is 0 Å². The average Bonchev–Trinajstić information content (AvgIpc) is 3.65. The fourth-order valence-electron chi connectivity index (χ4n) is 4.64. The zero-order valence-corrected chi connectivity index (χ0v) is 19.1. The van der Waals surface area contributed by atoms with Crippen LogP contribution in [0.2, 0.25) is 0 Å². The van der Waals surface area contributed by atoms with Gasteiger partial charge in [0, 0.05) is 22.9 Å². The van der Waals surface area contributed by atoms with Crippen molar-refractivity contribution in [2.24, 2.45) is 0 Å². The van der Waals surface area contributed by atoms with Gasteiger partial charge in [-0.15, -0.1) is 11.3 Å². The number of hydrogen-bond acceptors (Lipinski definition) is 5. The molecular weight excluding hydrogens is 456 g/mol. The van der Waals surface area contributed by atoms with Crippen molar-refractivity contribution in [3.8, 4) is 16.3 Å². The number of imidazole rings is 1. The van der Waals surface area contributed by atoms with Gasteiger partial charge in [0.25, 0.3) is 0 Å². The topological polar surface area (TPSA) is 65.1 Å². The molecule has 166 valence electrons. The second kappa shape index (κ2) is 7.48. The Labute approximate surface area is 203 Å². The van der Waals surface area contributed by atoms with Crippen molar-refractivity contribution in [1.82, 2.24) is 9.55 Å². The molecule has 3 aromatic heterocycles. The number of carbonyl (C=O) groups is 2. The van der Waals surface area contributed by atoms with Gasteiger partial charge in [-0.25, -0.2) is 0 Å². The first kappa shape index (κ1) is 19.9. The lowest BCUT2D eigenvalue weighted by Crippen LogP contribution is -2.03. The van der Waals surface area contributed by atoms with E-state index in [1.165, 1.54) is 0 Å². The number of para-hydroxylation sites is 1. The monoisotopic (exact) mass is 472 g/mol. The minimum Gasteiger partial charge on any atom is -0.435 e. The Morgan fingerprint density at radius 3 is 2.14 bits per heavy atom. The standard InChI is InChI=1S/C29H16N2O3S/c32-27-20-13-17-7-4-5-8-18(17)14-21(20)28(33)22(27)15-26-30-29-23(31(26)19-9-2-1-3-10-19)16-24(34-29)25-11-6-12-35-25/h1-16H. The third-order valence-corrected chi connectivity index (χ3v) is 7.18. The summed E-state index contributed by atoms with van der Waals surface area (Å²) in [6, 6.07) is 27.0. The van der Waals surface area contributed by atoms with Crippen LogP contribution in [-0.4, -0.2) is 21.1 Å². The van der Waals surface area contributed by atoms with Crippen LogP contribution in [0.25, 0.3) is 44.4 Å².